The van der Waals surface area contributed by atoms with E-state index in [2.05, 4.69) is 0 Å². The van der Waals surface area contributed by atoms with Crippen LogP contribution < -0.4 is 15.2 Å². The third-order valence-corrected chi connectivity index (χ3v) is 5.07. The van der Waals surface area contributed by atoms with Crippen molar-refractivity contribution in [3.8, 4) is 11.5 Å². The van der Waals surface area contributed by atoms with Crippen LogP contribution in [0.1, 0.15) is 20.8 Å². The summed E-state index contributed by atoms with van der Waals surface area (Å²) in [5.74, 6) is -2.86. The van der Waals surface area contributed by atoms with Gasteiger partial charge in [0.25, 0.3) is 0 Å². The monoisotopic (exact) mass is 557 g/mol. The number of carbonyl (C=O) groups is 5. The van der Waals surface area contributed by atoms with Gasteiger partial charge in [-0.2, -0.15) is 0 Å². The number of esters is 4. The number of hydrogen-bond acceptors (Lipinski definition) is 14. The normalized spacial score (nSPS) is 22.9. The molecule has 1 fully saturated rings. The van der Waals surface area contributed by atoms with Crippen LogP contribution in [0, 0.1) is 0 Å². The molecule has 15 nitrogen and oxygen atoms in total. The van der Waals surface area contributed by atoms with Crippen LogP contribution in [0.25, 0.3) is 0 Å². The standard InChI is InChI=1S/C24H31NO14/c1-12(26)35-18-19(36-13(2)27)21(37-14(3)28)23(39-20(18)22(29)32-5)38-15(11-34-24(25)30)10-33-17-9-7-6-8-16(17)31-4/h6-9,15,18-21,23H,10-11H2,1-5H3,(H2,25,30)/t15-,18-,19-,20-,21+,23+/m0/s1. The predicted octanol–water partition coefficient (Wildman–Crippen LogP) is 0.248. The molecular formula is C24H31NO14. The van der Waals surface area contributed by atoms with Crippen LogP contribution in [0.3, 0.4) is 0 Å². The highest BCUT2D eigenvalue weighted by atomic mass is 16.7. The molecule has 2 rings (SSSR count). The van der Waals surface area contributed by atoms with Crippen LogP contribution in [-0.4, -0.2) is 94.2 Å². The van der Waals surface area contributed by atoms with Gasteiger partial charge in [-0.15, -0.1) is 0 Å². The fourth-order valence-electron chi connectivity index (χ4n) is 3.60. The minimum atomic E-state index is -1.67. The van der Waals surface area contributed by atoms with Crippen LogP contribution in [0.2, 0.25) is 0 Å². The summed E-state index contributed by atoms with van der Waals surface area (Å²) in [6.07, 6.45) is -10.3. The van der Waals surface area contributed by atoms with Crippen molar-refractivity contribution in [2.45, 2.75) is 57.6 Å². The zero-order chi connectivity index (χ0) is 29.1. The molecule has 0 unspecified atom stereocenters. The van der Waals surface area contributed by atoms with Crippen molar-refractivity contribution >= 4 is 30.0 Å². The zero-order valence-corrected chi connectivity index (χ0v) is 22.0. The number of para-hydroxylation sites is 2. The van der Waals surface area contributed by atoms with Gasteiger partial charge in [0.05, 0.1) is 14.2 Å². The summed E-state index contributed by atoms with van der Waals surface area (Å²) < 4.78 is 48.0. The Bertz CT molecular complexity index is 1030. The molecule has 1 aromatic rings. The van der Waals surface area contributed by atoms with E-state index >= 15 is 0 Å². The summed E-state index contributed by atoms with van der Waals surface area (Å²) in [5.41, 5.74) is 5.10. The van der Waals surface area contributed by atoms with Crippen molar-refractivity contribution in [2.24, 2.45) is 5.73 Å². The number of nitrogens with two attached hydrogens (primary N) is 1. The molecule has 2 N–H and O–H groups in total. The van der Waals surface area contributed by atoms with E-state index in [9.17, 15) is 24.0 Å². The molecule has 0 aromatic heterocycles. The predicted molar refractivity (Wildman–Crippen MR) is 126 cm³/mol. The molecule has 15 heteroatoms. The maximum atomic E-state index is 12.6. The van der Waals surface area contributed by atoms with Gasteiger partial charge in [0.1, 0.15) is 19.3 Å². The van der Waals surface area contributed by atoms with E-state index in [1.807, 2.05) is 0 Å². The van der Waals surface area contributed by atoms with Crippen molar-refractivity contribution in [1.82, 2.24) is 0 Å². The zero-order valence-electron chi connectivity index (χ0n) is 22.0. The minimum Gasteiger partial charge on any atom is -0.493 e. The lowest BCUT2D eigenvalue weighted by atomic mass is 9.97. The number of hydrogen-bond donors (Lipinski definition) is 1. The second-order valence-electron chi connectivity index (χ2n) is 8.02. The molecule has 0 spiro atoms. The third-order valence-electron chi connectivity index (χ3n) is 5.07. The van der Waals surface area contributed by atoms with Crippen molar-refractivity contribution < 1.29 is 66.6 Å². The highest BCUT2D eigenvalue weighted by Crippen LogP contribution is 2.31. The molecule has 1 aliphatic rings. The second kappa shape index (κ2) is 14.7. The summed E-state index contributed by atoms with van der Waals surface area (Å²) in [7, 11) is 2.49. The van der Waals surface area contributed by atoms with Crippen LogP contribution in [0.15, 0.2) is 24.3 Å². The van der Waals surface area contributed by atoms with Gasteiger partial charge < -0.3 is 48.4 Å². The Labute approximate surface area is 223 Å². The van der Waals surface area contributed by atoms with E-state index in [1.165, 1.54) is 7.11 Å². The lowest BCUT2D eigenvalue weighted by Crippen LogP contribution is -2.64. The average molecular weight is 558 g/mol. The van der Waals surface area contributed by atoms with Gasteiger partial charge in [-0.3, -0.25) is 14.4 Å². The first-order valence-electron chi connectivity index (χ1n) is 11.5. The van der Waals surface area contributed by atoms with E-state index in [0.29, 0.717) is 11.5 Å². The Balaban J connectivity index is 2.44. The van der Waals surface area contributed by atoms with Crippen molar-refractivity contribution in [1.29, 1.82) is 0 Å². The van der Waals surface area contributed by atoms with Crippen LogP contribution >= 0.6 is 0 Å². The van der Waals surface area contributed by atoms with Gasteiger partial charge in [-0.05, 0) is 12.1 Å². The second-order valence-corrected chi connectivity index (χ2v) is 8.02. The Hall–Kier alpha value is -4.11. The van der Waals surface area contributed by atoms with E-state index in [-0.39, 0.29) is 6.61 Å². The fraction of sp³-hybridized carbons (Fsp3) is 0.542. The molecule has 0 radical (unpaired) electrons. The van der Waals surface area contributed by atoms with E-state index < -0.39 is 73.4 Å². The molecule has 1 aromatic carbocycles. The van der Waals surface area contributed by atoms with Gasteiger partial charge in [-0.1, -0.05) is 12.1 Å². The van der Waals surface area contributed by atoms with E-state index in [4.69, 9.17) is 48.4 Å². The SMILES string of the molecule is COC(=O)[C@H]1O[C@@H](O[C@H](COC(N)=O)COc2ccccc2OC)[C@H](OC(C)=O)[C@@H](OC(C)=O)[C@@H]1OC(C)=O. The molecule has 6 atom stereocenters. The lowest BCUT2D eigenvalue weighted by Gasteiger charge is -2.43. The fourth-order valence-corrected chi connectivity index (χ4v) is 3.60. The molecule has 39 heavy (non-hydrogen) atoms. The number of amides is 1. The number of carbonyl (C=O) groups excluding carboxylic acids is 5. The molecule has 1 heterocycles. The van der Waals surface area contributed by atoms with Gasteiger partial charge >= 0.3 is 30.0 Å². The maximum Gasteiger partial charge on any atom is 0.404 e. The summed E-state index contributed by atoms with van der Waals surface area (Å²) in [5, 5.41) is 0. The highest BCUT2D eigenvalue weighted by Gasteiger charge is 2.55. The first kappa shape index (κ1) is 31.1. The maximum absolute atomic E-state index is 12.6. The molecule has 1 aliphatic heterocycles. The third kappa shape index (κ3) is 9.30. The van der Waals surface area contributed by atoms with Gasteiger partial charge in [-0.25, -0.2) is 9.59 Å². The van der Waals surface area contributed by atoms with Crippen LogP contribution in [0.4, 0.5) is 4.79 Å². The quantitative estimate of drug-likeness (QED) is 0.271. The first-order chi connectivity index (χ1) is 18.5. The smallest absolute Gasteiger partial charge is 0.404 e. The number of rotatable bonds is 12. The van der Waals surface area contributed by atoms with E-state index in [1.54, 1.807) is 24.3 Å². The molecule has 216 valence electrons. The highest BCUT2D eigenvalue weighted by molar-refractivity contribution is 5.77. The topological polar surface area (TPSA) is 194 Å². The van der Waals surface area contributed by atoms with Gasteiger partial charge in [0, 0.05) is 20.8 Å². The van der Waals surface area contributed by atoms with Gasteiger partial charge in [0.2, 0.25) is 0 Å². The molecule has 0 saturated carbocycles. The van der Waals surface area contributed by atoms with Crippen LogP contribution in [0.5, 0.6) is 11.5 Å². The number of ether oxygens (including phenoxy) is 9. The molecule has 0 aliphatic carbocycles. The average Bonchev–Trinajstić information content (AvgIpc) is 2.87. The summed E-state index contributed by atoms with van der Waals surface area (Å²) >= 11 is 0. The molecule has 0 bridgehead atoms. The summed E-state index contributed by atoms with van der Waals surface area (Å²) in [6.45, 7) is 2.42. The Kier molecular flexibility index (Phi) is 11.7. The minimum absolute atomic E-state index is 0.283. The van der Waals surface area contributed by atoms with Crippen LogP contribution in [-0.2, 0) is 52.3 Å². The Morgan fingerprint density at radius 3 is 1.95 bits per heavy atom. The number of primary amides is 1. The van der Waals surface area contributed by atoms with Gasteiger partial charge in [0.15, 0.2) is 42.2 Å². The molecule has 1 saturated heterocycles. The number of benzene rings is 1. The van der Waals surface area contributed by atoms with Crippen molar-refractivity contribution in [2.75, 3.05) is 27.4 Å². The van der Waals surface area contributed by atoms with Crippen molar-refractivity contribution in [3.05, 3.63) is 24.3 Å². The molecular weight excluding hydrogens is 526 g/mol. The lowest BCUT2D eigenvalue weighted by molar-refractivity contribution is -0.313. The Morgan fingerprint density at radius 1 is 0.846 bits per heavy atom. The molecule has 1 amide bonds. The Morgan fingerprint density at radius 2 is 1.41 bits per heavy atom. The first-order valence-corrected chi connectivity index (χ1v) is 11.5. The summed E-state index contributed by atoms with van der Waals surface area (Å²) in [4.78, 5) is 59.6. The van der Waals surface area contributed by atoms with Crippen molar-refractivity contribution in [3.63, 3.8) is 0 Å². The largest absolute Gasteiger partial charge is 0.493 e. The van der Waals surface area contributed by atoms with E-state index in [0.717, 1.165) is 27.9 Å². The number of methoxy groups -OCH3 is 2. The summed E-state index contributed by atoms with van der Waals surface area (Å²) in [6, 6.07) is 6.66.